The van der Waals surface area contributed by atoms with Crippen LogP contribution in [0.3, 0.4) is 0 Å². The second-order valence-corrected chi connectivity index (χ2v) is 12.2. The number of allylic oxidation sites excluding steroid dienone is 1. The lowest BCUT2D eigenvalue weighted by atomic mass is 9.79. The molecule has 0 spiro atoms. The predicted molar refractivity (Wildman–Crippen MR) is 171 cm³/mol. The highest BCUT2D eigenvalue weighted by molar-refractivity contribution is 6.30. The number of carbonyl (C=O) groups excluding carboxylic acids is 2. The Morgan fingerprint density at radius 1 is 1.02 bits per heavy atom. The number of hydrogen-bond acceptors (Lipinski definition) is 5. The maximum absolute atomic E-state index is 13.4. The zero-order valence-corrected chi connectivity index (χ0v) is 25.2. The minimum Gasteiger partial charge on any atom is -0.504 e. The highest BCUT2D eigenvalue weighted by Crippen LogP contribution is 2.38. The van der Waals surface area contributed by atoms with E-state index in [1.807, 2.05) is 29.2 Å². The van der Waals surface area contributed by atoms with E-state index >= 15 is 0 Å². The molecule has 1 aromatic heterocycles. The third-order valence-electron chi connectivity index (χ3n) is 8.74. The van der Waals surface area contributed by atoms with Crippen LogP contribution in [0.25, 0.3) is 11.0 Å². The van der Waals surface area contributed by atoms with Crippen molar-refractivity contribution in [3.8, 4) is 5.75 Å². The van der Waals surface area contributed by atoms with Crippen LogP contribution in [0.15, 0.2) is 93.7 Å². The molecule has 8 heteroatoms. The summed E-state index contributed by atoms with van der Waals surface area (Å²) in [6, 6.07) is 21.4. The minimum absolute atomic E-state index is 0.00884. The molecule has 6 rings (SSSR count). The van der Waals surface area contributed by atoms with Gasteiger partial charge in [0.25, 0.3) is 5.91 Å². The summed E-state index contributed by atoms with van der Waals surface area (Å²) in [7, 11) is 0. The molecule has 1 saturated heterocycles. The average Bonchev–Trinajstić information content (AvgIpc) is 3.43. The highest BCUT2D eigenvalue weighted by atomic mass is 35.5. The Labute approximate surface area is 261 Å². The molecule has 1 aliphatic carbocycles. The van der Waals surface area contributed by atoms with E-state index in [0.29, 0.717) is 30.3 Å². The largest absolute Gasteiger partial charge is 0.504 e. The summed E-state index contributed by atoms with van der Waals surface area (Å²) in [5.41, 5.74) is 4.43. The molecule has 2 aliphatic rings. The van der Waals surface area contributed by atoms with E-state index in [0.717, 1.165) is 44.2 Å². The van der Waals surface area contributed by atoms with Crippen molar-refractivity contribution in [3.05, 3.63) is 122 Å². The summed E-state index contributed by atoms with van der Waals surface area (Å²) >= 11 is 6.11. The molecule has 3 aromatic carbocycles. The molecule has 0 bridgehead atoms. The summed E-state index contributed by atoms with van der Waals surface area (Å²) in [5, 5.41) is 14.1. The van der Waals surface area contributed by atoms with Gasteiger partial charge in [-0.1, -0.05) is 65.7 Å². The summed E-state index contributed by atoms with van der Waals surface area (Å²) in [4.78, 5) is 40.3. The molecule has 2 fully saturated rings. The first-order valence-corrected chi connectivity index (χ1v) is 15.6. The first kappa shape index (κ1) is 29.7. The minimum atomic E-state index is -0.526. The molecule has 0 radical (unpaired) electrons. The average molecular weight is 611 g/mol. The van der Waals surface area contributed by atoms with Crippen LogP contribution in [0, 0.1) is 0 Å². The predicted octanol–water partition coefficient (Wildman–Crippen LogP) is 6.90. The van der Waals surface area contributed by atoms with Crippen LogP contribution in [0.5, 0.6) is 5.75 Å². The van der Waals surface area contributed by atoms with Crippen molar-refractivity contribution in [1.29, 1.82) is 0 Å². The molecule has 1 saturated carbocycles. The number of halogens is 1. The molecule has 2 amide bonds. The van der Waals surface area contributed by atoms with E-state index < -0.39 is 11.3 Å². The monoisotopic (exact) mass is 610 g/mol. The number of phenols is 1. The van der Waals surface area contributed by atoms with Crippen molar-refractivity contribution in [1.82, 2.24) is 10.2 Å². The van der Waals surface area contributed by atoms with Gasteiger partial charge in [0, 0.05) is 30.6 Å². The lowest BCUT2D eigenvalue weighted by Crippen LogP contribution is -2.36. The van der Waals surface area contributed by atoms with Gasteiger partial charge < -0.3 is 19.7 Å². The number of rotatable bonds is 8. The second kappa shape index (κ2) is 13.1. The number of carbonyl (C=O) groups is 2. The Balaban J connectivity index is 1.20. The van der Waals surface area contributed by atoms with Crippen molar-refractivity contribution < 1.29 is 19.1 Å². The van der Waals surface area contributed by atoms with Crippen molar-refractivity contribution in [2.45, 2.75) is 63.5 Å². The van der Waals surface area contributed by atoms with Crippen LogP contribution in [0.4, 0.5) is 0 Å². The van der Waals surface area contributed by atoms with Gasteiger partial charge in [-0.05, 0) is 85.4 Å². The molecule has 2 N–H and O–H groups in total. The summed E-state index contributed by atoms with van der Waals surface area (Å²) < 4.78 is 5.70. The third-order valence-corrected chi connectivity index (χ3v) is 8.99. The van der Waals surface area contributed by atoms with Gasteiger partial charge in [0.1, 0.15) is 0 Å². The molecule has 44 heavy (non-hydrogen) atoms. The van der Waals surface area contributed by atoms with Crippen molar-refractivity contribution in [3.63, 3.8) is 0 Å². The number of nitrogens with one attached hydrogen (secondary N) is 1. The van der Waals surface area contributed by atoms with Crippen molar-refractivity contribution >= 4 is 34.4 Å². The van der Waals surface area contributed by atoms with Crippen molar-refractivity contribution in [2.24, 2.45) is 0 Å². The number of nitrogens with zero attached hydrogens (tertiary/aromatic N) is 1. The normalized spacial score (nSPS) is 17.6. The Hall–Kier alpha value is -4.36. The smallest absolute Gasteiger partial charge is 0.287 e. The third kappa shape index (κ3) is 6.73. The molecule has 226 valence electrons. The molecule has 1 aliphatic heterocycles. The van der Waals surface area contributed by atoms with Gasteiger partial charge in [-0.15, -0.1) is 0 Å². The maximum Gasteiger partial charge on any atom is 0.287 e. The highest BCUT2D eigenvalue weighted by Gasteiger charge is 2.25. The van der Waals surface area contributed by atoms with Crippen LogP contribution in [0.1, 0.15) is 71.7 Å². The second-order valence-electron chi connectivity index (χ2n) is 11.8. The molecule has 1 atom stereocenters. The van der Waals surface area contributed by atoms with E-state index in [1.54, 1.807) is 12.1 Å². The molecule has 0 unspecified atom stereocenters. The quantitative estimate of drug-likeness (QED) is 0.211. The fourth-order valence-corrected chi connectivity index (χ4v) is 6.57. The van der Waals surface area contributed by atoms with Gasteiger partial charge in [0.05, 0.1) is 11.4 Å². The zero-order valence-electron chi connectivity index (χ0n) is 24.4. The zero-order chi connectivity index (χ0) is 30.6. The summed E-state index contributed by atoms with van der Waals surface area (Å²) in [6.07, 6.45) is 8.00. The number of para-hydroxylation sites is 1. The number of benzene rings is 3. The fourth-order valence-electron chi connectivity index (χ4n) is 6.44. The van der Waals surface area contributed by atoms with Crippen LogP contribution in [-0.4, -0.2) is 34.4 Å². The first-order valence-electron chi connectivity index (χ1n) is 15.2. The Kier molecular flexibility index (Phi) is 8.84. The summed E-state index contributed by atoms with van der Waals surface area (Å²) in [6.45, 7) is 1.50. The first-order chi connectivity index (χ1) is 21.3. The van der Waals surface area contributed by atoms with Gasteiger partial charge in [-0.25, -0.2) is 0 Å². The van der Waals surface area contributed by atoms with Crippen molar-refractivity contribution in [2.75, 3.05) is 6.54 Å². The number of aromatic hydroxyl groups is 1. The van der Waals surface area contributed by atoms with Crippen LogP contribution < -0.4 is 10.7 Å². The molecular weight excluding hydrogens is 576 g/mol. The number of likely N-dealkylation sites (tertiary alicyclic amines) is 1. The van der Waals surface area contributed by atoms with Crippen LogP contribution in [-0.2, 0) is 17.8 Å². The Morgan fingerprint density at radius 2 is 1.80 bits per heavy atom. The van der Waals surface area contributed by atoms with E-state index in [9.17, 15) is 19.5 Å². The van der Waals surface area contributed by atoms with E-state index in [-0.39, 0.29) is 34.4 Å². The Bertz CT molecular complexity index is 1770. The van der Waals surface area contributed by atoms with E-state index in [1.165, 1.54) is 28.8 Å². The molecule has 7 nitrogen and oxygen atoms in total. The summed E-state index contributed by atoms with van der Waals surface area (Å²) in [5.74, 6) is -0.228. The van der Waals surface area contributed by atoms with Gasteiger partial charge in [-0.3, -0.25) is 14.4 Å². The standard InChI is InChI=1S/C36H35ClN2O5/c37-27-16-12-24(13-17-27)20-28(38-36(43)33-21-32(41)30-7-3-8-31(40)35(30)44-33)19-23-10-14-25(15-11-23)29-6-2-1-5-26(29)22-39-18-4-9-34(39)42/h1-3,5-8,12-13,16-17,19,21,25,28,40H,4,9-11,14-15,18,20,22H2,(H,38,43)/t25?,28-/m1/s1. The number of fused-ring (bicyclic) bond motifs is 1. The SMILES string of the molecule is O=C(N[C@H](C=C1CCC(c2ccccc2CN2CCCC2=O)CC1)Cc1ccc(Cl)cc1)c1cc(=O)c2cccc(O)c2o1. The lowest BCUT2D eigenvalue weighted by Gasteiger charge is -2.28. The van der Waals surface area contributed by atoms with Gasteiger partial charge in [0.15, 0.2) is 22.5 Å². The molecule has 4 aromatic rings. The Morgan fingerprint density at radius 3 is 2.55 bits per heavy atom. The van der Waals surface area contributed by atoms with Crippen LogP contribution >= 0.6 is 11.6 Å². The maximum atomic E-state index is 13.4. The fraction of sp³-hybridized carbons (Fsp3) is 0.306. The van der Waals surface area contributed by atoms with Crippen LogP contribution in [0.2, 0.25) is 5.02 Å². The number of hydrogen-bond donors (Lipinski definition) is 2. The van der Waals surface area contributed by atoms with E-state index in [4.69, 9.17) is 16.0 Å². The van der Waals surface area contributed by atoms with Gasteiger partial charge in [0.2, 0.25) is 5.91 Å². The molecular formula is C36H35ClN2O5. The van der Waals surface area contributed by atoms with E-state index in [2.05, 4.69) is 35.7 Å². The van der Waals surface area contributed by atoms with Gasteiger partial charge in [-0.2, -0.15) is 0 Å². The topological polar surface area (TPSA) is 99.9 Å². The lowest BCUT2D eigenvalue weighted by molar-refractivity contribution is -0.128. The van der Waals surface area contributed by atoms with Gasteiger partial charge >= 0.3 is 0 Å². The number of phenolic OH excluding ortho intramolecular Hbond substituents is 1. The number of amides is 2. The molecule has 2 heterocycles.